The number of thiophene rings is 1. The molecule has 1 aliphatic rings. The van der Waals surface area contributed by atoms with Crippen molar-refractivity contribution in [3.8, 4) is 0 Å². The Hall–Kier alpha value is -0.870. The van der Waals surface area contributed by atoms with Crippen molar-refractivity contribution in [3.05, 3.63) is 22.4 Å². The van der Waals surface area contributed by atoms with Gasteiger partial charge in [-0.25, -0.2) is 0 Å². The molecule has 1 heterocycles. The lowest BCUT2D eigenvalue weighted by Crippen LogP contribution is -2.56. The summed E-state index contributed by atoms with van der Waals surface area (Å²) in [6, 6.07) is 4.07. The van der Waals surface area contributed by atoms with E-state index < -0.39 is 5.54 Å². The van der Waals surface area contributed by atoms with E-state index in [9.17, 15) is 4.79 Å². The number of nitrogens with zero attached hydrogens (tertiary/aromatic N) is 1. The van der Waals surface area contributed by atoms with Gasteiger partial charge in [-0.15, -0.1) is 11.3 Å². The topological polar surface area (TPSA) is 46.3 Å². The molecule has 0 saturated heterocycles. The van der Waals surface area contributed by atoms with Gasteiger partial charge in [-0.1, -0.05) is 25.8 Å². The van der Waals surface area contributed by atoms with Crippen LogP contribution < -0.4 is 5.73 Å². The maximum absolute atomic E-state index is 12.5. The molecule has 1 aromatic rings. The van der Waals surface area contributed by atoms with E-state index in [-0.39, 0.29) is 5.91 Å². The van der Waals surface area contributed by atoms with E-state index in [1.165, 1.54) is 11.3 Å². The van der Waals surface area contributed by atoms with Crippen LogP contribution in [0.2, 0.25) is 0 Å². The van der Waals surface area contributed by atoms with Crippen LogP contribution in [0.15, 0.2) is 17.5 Å². The number of amides is 1. The summed E-state index contributed by atoms with van der Waals surface area (Å²) in [4.78, 5) is 15.5. The molecule has 100 valence electrons. The number of rotatable bonds is 3. The quantitative estimate of drug-likeness (QED) is 0.914. The number of nitrogens with two attached hydrogens (primary N) is 1. The fourth-order valence-corrected chi connectivity index (χ4v) is 3.63. The van der Waals surface area contributed by atoms with Gasteiger partial charge < -0.3 is 10.6 Å². The fraction of sp³-hybridized carbons (Fsp3) is 0.643. The number of hydrogen-bond donors (Lipinski definition) is 1. The molecule has 1 fully saturated rings. The Morgan fingerprint density at radius 3 is 3.06 bits per heavy atom. The standard InChI is InChI=1S/C14H22N2OS/c1-11-5-3-7-14(15,9-11)13(17)16(2)10-12-6-4-8-18-12/h4,6,8,11H,3,5,7,9-10,15H2,1-2H3. The molecule has 0 aromatic carbocycles. The summed E-state index contributed by atoms with van der Waals surface area (Å²) in [5, 5.41) is 2.04. The van der Waals surface area contributed by atoms with Crippen molar-refractivity contribution in [1.82, 2.24) is 4.90 Å². The van der Waals surface area contributed by atoms with Gasteiger partial charge in [0.25, 0.3) is 0 Å². The lowest BCUT2D eigenvalue weighted by atomic mass is 9.76. The van der Waals surface area contributed by atoms with E-state index in [4.69, 9.17) is 5.73 Å². The number of likely N-dealkylation sites (N-methyl/N-ethyl adjacent to an activating group) is 1. The van der Waals surface area contributed by atoms with Gasteiger partial charge in [0.1, 0.15) is 0 Å². The van der Waals surface area contributed by atoms with Gasteiger partial charge >= 0.3 is 0 Å². The predicted molar refractivity (Wildman–Crippen MR) is 75.3 cm³/mol. The summed E-state index contributed by atoms with van der Waals surface area (Å²) >= 11 is 1.68. The average Bonchev–Trinajstić information content (AvgIpc) is 2.80. The third-order valence-corrected chi connectivity index (χ3v) is 4.64. The zero-order valence-corrected chi connectivity index (χ0v) is 12.0. The minimum absolute atomic E-state index is 0.0995. The monoisotopic (exact) mass is 266 g/mol. The second-order valence-electron chi connectivity index (χ2n) is 5.60. The van der Waals surface area contributed by atoms with Crippen LogP contribution in [0.3, 0.4) is 0 Å². The van der Waals surface area contributed by atoms with Crippen LogP contribution in [0, 0.1) is 5.92 Å². The van der Waals surface area contributed by atoms with Crippen molar-refractivity contribution in [2.45, 2.75) is 44.7 Å². The first-order valence-corrected chi connectivity index (χ1v) is 7.46. The van der Waals surface area contributed by atoms with Crippen molar-refractivity contribution < 1.29 is 4.79 Å². The first-order valence-electron chi connectivity index (χ1n) is 6.58. The molecule has 3 nitrogen and oxygen atoms in total. The molecule has 1 amide bonds. The SMILES string of the molecule is CC1CCCC(N)(C(=O)N(C)Cc2cccs2)C1. The molecular formula is C14H22N2OS. The Labute approximate surface area is 113 Å². The summed E-state index contributed by atoms with van der Waals surface area (Å²) in [5.74, 6) is 0.658. The maximum Gasteiger partial charge on any atom is 0.242 e. The van der Waals surface area contributed by atoms with E-state index in [1.807, 2.05) is 18.5 Å². The summed E-state index contributed by atoms with van der Waals surface area (Å²) in [5.41, 5.74) is 5.70. The van der Waals surface area contributed by atoms with Crippen LogP contribution in [0.4, 0.5) is 0 Å². The van der Waals surface area contributed by atoms with Gasteiger partial charge in [0.2, 0.25) is 5.91 Å². The van der Waals surface area contributed by atoms with Gasteiger partial charge in [0.05, 0.1) is 12.1 Å². The first-order chi connectivity index (χ1) is 8.51. The zero-order valence-electron chi connectivity index (χ0n) is 11.2. The minimum atomic E-state index is -0.635. The Morgan fingerprint density at radius 1 is 1.67 bits per heavy atom. The van der Waals surface area contributed by atoms with Crippen molar-refractivity contribution in [2.24, 2.45) is 11.7 Å². The molecule has 1 aromatic heterocycles. The number of carbonyl (C=O) groups excluding carboxylic acids is 1. The molecule has 2 atom stereocenters. The molecular weight excluding hydrogens is 244 g/mol. The van der Waals surface area contributed by atoms with E-state index in [0.717, 1.165) is 19.3 Å². The molecule has 1 saturated carbocycles. The van der Waals surface area contributed by atoms with Crippen LogP contribution >= 0.6 is 11.3 Å². The Balaban J connectivity index is 2.01. The average molecular weight is 266 g/mol. The van der Waals surface area contributed by atoms with Gasteiger partial charge in [-0.3, -0.25) is 4.79 Å². The maximum atomic E-state index is 12.5. The second-order valence-corrected chi connectivity index (χ2v) is 6.63. The largest absolute Gasteiger partial charge is 0.339 e. The van der Waals surface area contributed by atoms with Gasteiger partial charge in [-0.05, 0) is 30.2 Å². The highest BCUT2D eigenvalue weighted by Gasteiger charge is 2.39. The van der Waals surface area contributed by atoms with Crippen molar-refractivity contribution in [1.29, 1.82) is 0 Å². The Kier molecular flexibility index (Phi) is 4.07. The van der Waals surface area contributed by atoms with Crippen molar-refractivity contribution in [2.75, 3.05) is 7.05 Å². The third kappa shape index (κ3) is 2.93. The predicted octanol–water partition coefficient (Wildman–Crippen LogP) is 2.61. The van der Waals surface area contributed by atoms with E-state index in [0.29, 0.717) is 12.5 Å². The molecule has 0 bridgehead atoms. The Morgan fingerprint density at radius 2 is 2.44 bits per heavy atom. The molecule has 18 heavy (non-hydrogen) atoms. The van der Waals surface area contributed by atoms with Crippen molar-refractivity contribution >= 4 is 17.2 Å². The minimum Gasteiger partial charge on any atom is -0.339 e. The summed E-state index contributed by atoms with van der Waals surface area (Å²) in [6.45, 7) is 2.86. The molecule has 4 heteroatoms. The zero-order chi connectivity index (χ0) is 13.2. The molecule has 2 rings (SSSR count). The highest BCUT2D eigenvalue weighted by molar-refractivity contribution is 7.09. The molecule has 2 N–H and O–H groups in total. The van der Waals surface area contributed by atoms with Crippen LogP contribution in [-0.4, -0.2) is 23.4 Å². The molecule has 1 aliphatic carbocycles. The van der Waals surface area contributed by atoms with E-state index >= 15 is 0 Å². The molecule has 0 spiro atoms. The third-order valence-electron chi connectivity index (χ3n) is 3.78. The molecule has 0 radical (unpaired) electrons. The normalized spacial score (nSPS) is 28.1. The Bertz CT molecular complexity index is 404. The number of hydrogen-bond acceptors (Lipinski definition) is 3. The highest BCUT2D eigenvalue weighted by Crippen LogP contribution is 2.32. The summed E-state index contributed by atoms with van der Waals surface area (Å²) < 4.78 is 0. The van der Waals surface area contributed by atoms with Crippen molar-refractivity contribution in [3.63, 3.8) is 0 Å². The van der Waals surface area contributed by atoms with Crippen LogP contribution in [-0.2, 0) is 11.3 Å². The van der Waals surface area contributed by atoms with Gasteiger partial charge in [-0.2, -0.15) is 0 Å². The fourth-order valence-electron chi connectivity index (χ4n) is 2.87. The lowest BCUT2D eigenvalue weighted by molar-refractivity contribution is -0.138. The summed E-state index contributed by atoms with van der Waals surface area (Å²) in [6.07, 6.45) is 3.91. The smallest absolute Gasteiger partial charge is 0.242 e. The van der Waals surface area contributed by atoms with Crippen LogP contribution in [0.1, 0.15) is 37.5 Å². The van der Waals surface area contributed by atoms with Gasteiger partial charge in [0.15, 0.2) is 0 Å². The van der Waals surface area contributed by atoms with Crippen LogP contribution in [0.5, 0.6) is 0 Å². The molecule has 2 unspecified atom stereocenters. The number of carbonyl (C=O) groups is 1. The first kappa shape index (κ1) is 13.6. The van der Waals surface area contributed by atoms with Gasteiger partial charge in [0, 0.05) is 11.9 Å². The second kappa shape index (κ2) is 5.41. The summed E-state index contributed by atoms with van der Waals surface area (Å²) in [7, 11) is 1.86. The molecule has 0 aliphatic heterocycles. The van der Waals surface area contributed by atoms with E-state index in [2.05, 4.69) is 13.0 Å². The highest BCUT2D eigenvalue weighted by atomic mass is 32.1. The van der Waals surface area contributed by atoms with Crippen LogP contribution in [0.25, 0.3) is 0 Å². The van der Waals surface area contributed by atoms with E-state index in [1.54, 1.807) is 16.2 Å². The lowest BCUT2D eigenvalue weighted by Gasteiger charge is -2.38.